The third kappa shape index (κ3) is 3.46. The number of ether oxygens (including phenoxy) is 1. The van der Waals surface area contributed by atoms with Crippen molar-refractivity contribution in [3.05, 3.63) is 29.3 Å². The summed E-state index contributed by atoms with van der Waals surface area (Å²) in [6.45, 7) is 6.81. The minimum absolute atomic E-state index is 0.0310. The molecule has 1 aromatic rings. The predicted molar refractivity (Wildman–Crippen MR) is 86.2 cm³/mol. The molecular weight excluding hydrogens is 309 g/mol. The molecule has 1 aromatic carbocycles. The van der Waals surface area contributed by atoms with E-state index < -0.39 is 9.75 Å². The highest BCUT2D eigenvalue weighted by Gasteiger charge is 2.68. The first-order valence-electron chi connectivity index (χ1n) is 7.00. The van der Waals surface area contributed by atoms with Gasteiger partial charge in [-0.3, -0.25) is 4.79 Å². The van der Waals surface area contributed by atoms with Gasteiger partial charge in [0.1, 0.15) is 16.7 Å². The van der Waals surface area contributed by atoms with Gasteiger partial charge in [-0.05, 0) is 50.5 Å². The van der Waals surface area contributed by atoms with Crippen LogP contribution in [0.3, 0.4) is 0 Å². The minimum atomic E-state index is -0.924. The first-order valence-corrected chi connectivity index (χ1v) is 7.76. The van der Waals surface area contributed by atoms with E-state index in [0.29, 0.717) is 19.6 Å². The number of carbonyl (C=O) groups excluding carboxylic acids is 1. The molecule has 0 aliphatic heterocycles. The second kappa shape index (κ2) is 5.69. The maximum absolute atomic E-state index is 12.3. The van der Waals surface area contributed by atoms with Crippen LogP contribution in [0.5, 0.6) is 5.75 Å². The fourth-order valence-electron chi connectivity index (χ4n) is 2.47. The fraction of sp³-hybridized carbons (Fsp3) is 0.562. The number of aryl methyl sites for hydroxylation is 2. The lowest BCUT2D eigenvalue weighted by Crippen LogP contribution is -2.37. The van der Waals surface area contributed by atoms with Gasteiger partial charge in [-0.2, -0.15) is 0 Å². The van der Waals surface area contributed by atoms with Gasteiger partial charge >= 0.3 is 0 Å². The van der Waals surface area contributed by atoms with Crippen molar-refractivity contribution >= 4 is 29.1 Å². The van der Waals surface area contributed by atoms with Gasteiger partial charge in [-0.25, -0.2) is 0 Å². The quantitative estimate of drug-likeness (QED) is 0.770. The standard InChI is InChI=1S/C16H21Cl2NO2/c1-11-7-12(2)9-13(8-11)21-6-5-19(4)14(20)15(3)10-16(15,17)18/h7-9H,5-6,10H2,1-4H3. The number of amides is 1. The first-order chi connectivity index (χ1) is 9.65. The highest BCUT2D eigenvalue weighted by atomic mass is 35.5. The molecule has 0 N–H and O–H groups in total. The molecule has 0 aromatic heterocycles. The van der Waals surface area contributed by atoms with Crippen LogP contribution in [0.2, 0.25) is 0 Å². The zero-order chi connectivity index (χ0) is 15.8. The zero-order valence-electron chi connectivity index (χ0n) is 12.9. The normalized spacial score (nSPS) is 22.8. The van der Waals surface area contributed by atoms with Crippen LogP contribution < -0.4 is 4.74 Å². The van der Waals surface area contributed by atoms with Gasteiger partial charge in [0.25, 0.3) is 0 Å². The summed E-state index contributed by atoms with van der Waals surface area (Å²) < 4.78 is 4.79. The van der Waals surface area contributed by atoms with Crippen LogP contribution >= 0.6 is 23.2 Å². The van der Waals surface area contributed by atoms with E-state index in [2.05, 4.69) is 6.07 Å². The van der Waals surface area contributed by atoms with E-state index in [4.69, 9.17) is 27.9 Å². The molecule has 1 amide bonds. The van der Waals surface area contributed by atoms with Crippen LogP contribution in [0.1, 0.15) is 24.5 Å². The second-order valence-corrected chi connectivity index (χ2v) is 7.60. The summed E-state index contributed by atoms with van der Waals surface area (Å²) in [5.41, 5.74) is 1.66. The molecule has 1 aliphatic carbocycles. The molecular formula is C16H21Cl2NO2. The van der Waals surface area contributed by atoms with E-state index in [9.17, 15) is 4.79 Å². The third-order valence-corrected chi connectivity index (χ3v) is 5.07. The SMILES string of the molecule is Cc1cc(C)cc(OCCN(C)C(=O)C2(C)CC2(Cl)Cl)c1. The summed E-state index contributed by atoms with van der Waals surface area (Å²) in [5.74, 6) is 0.798. The van der Waals surface area contributed by atoms with Gasteiger partial charge < -0.3 is 9.64 Å². The van der Waals surface area contributed by atoms with E-state index in [1.165, 1.54) is 0 Å². The largest absolute Gasteiger partial charge is 0.492 e. The molecule has 1 atom stereocenters. The summed E-state index contributed by atoms with van der Waals surface area (Å²) in [7, 11) is 1.75. The Hall–Kier alpha value is -0.930. The smallest absolute Gasteiger partial charge is 0.231 e. The van der Waals surface area contributed by atoms with Crippen molar-refractivity contribution in [2.45, 2.75) is 31.5 Å². The Labute approximate surface area is 136 Å². The first kappa shape index (κ1) is 16.4. The lowest BCUT2D eigenvalue weighted by atomic mass is 10.1. The second-order valence-electron chi connectivity index (χ2n) is 6.11. The Morgan fingerprint density at radius 3 is 2.29 bits per heavy atom. The number of alkyl halides is 2. The van der Waals surface area contributed by atoms with Gasteiger partial charge in [0, 0.05) is 7.05 Å². The van der Waals surface area contributed by atoms with Crippen molar-refractivity contribution in [1.29, 1.82) is 0 Å². The number of hydrogen-bond acceptors (Lipinski definition) is 2. The molecule has 2 rings (SSSR count). The Kier molecular flexibility index (Phi) is 4.46. The Bertz CT molecular complexity index is 539. The van der Waals surface area contributed by atoms with E-state index in [1.807, 2.05) is 26.0 Å². The van der Waals surface area contributed by atoms with Gasteiger partial charge in [0.2, 0.25) is 5.91 Å². The van der Waals surface area contributed by atoms with Crippen molar-refractivity contribution in [3.63, 3.8) is 0 Å². The fourth-order valence-corrected chi connectivity index (χ4v) is 3.17. The number of nitrogens with zero attached hydrogens (tertiary/aromatic N) is 1. The number of carbonyl (C=O) groups is 1. The summed E-state index contributed by atoms with van der Waals surface area (Å²) in [6, 6.07) is 6.07. The topological polar surface area (TPSA) is 29.5 Å². The molecule has 21 heavy (non-hydrogen) atoms. The molecule has 1 unspecified atom stereocenters. The molecule has 0 bridgehead atoms. The Balaban J connectivity index is 1.85. The van der Waals surface area contributed by atoms with Crippen LogP contribution in [0.25, 0.3) is 0 Å². The molecule has 0 spiro atoms. The number of hydrogen-bond donors (Lipinski definition) is 0. The number of halogens is 2. The lowest BCUT2D eigenvalue weighted by molar-refractivity contribution is -0.135. The summed E-state index contributed by atoms with van der Waals surface area (Å²) in [6.07, 6.45) is 0.504. The Morgan fingerprint density at radius 1 is 1.29 bits per heavy atom. The maximum Gasteiger partial charge on any atom is 0.231 e. The molecule has 3 nitrogen and oxygen atoms in total. The molecule has 1 saturated carbocycles. The lowest BCUT2D eigenvalue weighted by Gasteiger charge is -2.22. The molecule has 1 fully saturated rings. The average Bonchev–Trinajstić information content (AvgIpc) is 2.87. The third-order valence-electron chi connectivity index (χ3n) is 3.97. The summed E-state index contributed by atoms with van der Waals surface area (Å²) >= 11 is 12.1. The molecule has 116 valence electrons. The van der Waals surface area contributed by atoms with E-state index in [-0.39, 0.29) is 5.91 Å². The average molecular weight is 330 g/mol. The summed E-state index contributed by atoms with van der Waals surface area (Å²) in [4.78, 5) is 13.9. The van der Waals surface area contributed by atoms with Crippen LogP contribution in [0.15, 0.2) is 18.2 Å². The summed E-state index contributed by atoms with van der Waals surface area (Å²) in [5, 5.41) is 0. The maximum atomic E-state index is 12.3. The van der Waals surface area contributed by atoms with E-state index >= 15 is 0 Å². The van der Waals surface area contributed by atoms with Gasteiger partial charge in [0.05, 0.1) is 12.0 Å². The van der Waals surface area contributed by atoms with Crippen LogP contribution in [-0.2, 0) is 4.79 Å². The number of likely N-dealkylation sites (N-methyl/N-ethyl adjacent to an activating group) is 1. The van der Waals surface area contributed by atoms with Crippen LogP contribution in [-0.4, -0.2) is 35.3 Å². The minimum Gasteiger partial charge on any atom is -0.492 e. The molecule has 1 aliphatic rings. The Morgan fingerprint density at radius 2 is 1.81 bits per heavy atom. The number of rotatable bonds is 5. The van der Waals surface area contributed by atoms with Gasteiger partial charge in [-0.15, -0.1) is 23.2 Å². The van der Waals surface area contributed by atoms with E-state index in [1.54, 1.807) is 18.9 Å². The van der Waals surface area contributed by atoms with Crippen molar-refractivity contribution in [2.24, 2.45) is 5.41 Å². The van der Waals surface area contributed by atoms with Crippen LogP contribution in [0.4, 0.5) is 0 Å². The van der Waals surface area contributed by atoms with Crippen molar-refractivity contribution in [2.75, 3.05) is 20.2 Å². The predicted octanol–water partition coefficient (Wildman–Crippen LogP) is 3.72. The zero-order valence-corrected chi connectivity index (χ0v) is 14.4. The molecule has 0 radical (unpaired) electrons. The van der Waals surface area contributed by atoms with E-state index in [0.717, 1.165) is 16.9 Å². The van der Waals surface area contributed by atoms with Crippen molar-refractivity contribution in [1.82, 2.24) is 4.90 Å². The highest BCUT2D eigenvalue weighted by Crippen LogP contribution is 2.64. The van der Waals surface area contributed by atoms with Gasteiger partial charge in [-0.1, -0.05) is 6.07 Å². The monoisotopic (exact) mass is 329 g/mol. The molecule has 0 saturated heterocycles. The highest BCUT2D eigenvalue weighted by molar-refractivity contribution is 6.53. The molecule has 0 heterocycles. The van der Waals surface area contributed by atoms with Crippen LogP contribution in [0, 0.1) is 19.3 Å². The molecule has 5 heteroatoms. The number of benzene rings is 1. The van der Waals surface area contributed by atoms with Crippen molar-refractivity contribution < 1.29 is 9.53 Å². The van der Waals surface area contributed by atoms with Gasteiger partial charge in [0.15, 0.2) is 0 Å². The van der Waals surface area contributed by atoms with Crippen molar-refractivity contribution in [3.8, 4) is 5.75 Å².